The van der Waals surface area contributed by atoms with Crippen molar-refractivity contribution in [2.45, 2.75) is 19.4 Å². The minimum atomic E-state index is -0.851. The highest BCUT2D eigenvalue weighted by Crippen LogP contribution is 2.21. The fraction of sp³-hybridized carbons (Fsp3) is 0.263. The maximum absolute atomic E-state index is 13.1. The summed E-state index contributed by atoms with van der Waals surface area (Å²) in [5, 5.41) is 11.2. The minimum Gasteiger partial charge on any atom is -0.494 e. The number of hydrogen-bond donors (Lipinski definition) is 2. The van der Waals surface area contributed by atoms with Gasteiger partial charge in [-0.1, -0.05) is 23.7 Å². The van der Waals surface area contributed by atoms with E-state index in [1.54, 1.807) is 24.3 Å². The van der Waals surface area contributed by atoms with Crippen LogP contribution >= 0.6 is 11.6 Å². The highest BCUT2D eigenvalue weighted by Gasteiger charge is 2.06. The standard InChI is InChI=1S/C19H19ClFNO5/c20-16-10-15(7-8-17(16)21)27-12-18(23)22-11-13-3-5-14(6-4-13)26-9-1-2-19(24)25/h3-8,10H,1-2,9,11-12H2,(H,22,23)(H,24,25). The van der Waals surface area contributed by atoms with Crippen LogP contribution in [-0.4, -0.2) is 30.2 Å². The maximum Gasteiger partial charge on any atom is 0.303 e. The minimum absolute atomic E-state index is 0.0658. The topological polar surface area (TPSA) is 84.9 Å². The van der Waals surface area contributed by atoms with Crippen molar-refractivity contribution in [1.82, 2.24) is 5.32 Å². The van der Waals surface area contributed by atoms with Crippen LogP contribution in [0.5, 0.6) is 11.5 Å². The van der Waals surface area contributed by atoms with Crippen LogP contribution in [0.15, 0.2) is 42.5 Å². The van der Waals surface area contributed by atoms with E-state index in [9.17, 15) is 14.0 Å². The number of carbonyl (C=O) groups is 2. The number of halogens is 2. The van der Waals surface area contributed by atoms with Crippen molar-refractivity contribution in [3.05, 3.63) is 58.9 Å². The van der Waals surface area contributed by atoms with Crippen molar-refractivity contribution in [3.63, 3.8) is 0 Å². The molecule has 8 heteroatoms. The molecule has 0 aliphatic carbocycles. The monoisotopic (exact) mass is 395 g/mol. The molecule has 0 bridgehead atoms. The molecule has 2 N–H and O–H groups in total. The van der Waals surface area contributed by atoms with E-state index in [1.165, 1.54) is 18.2 Å². The zero-order valence-electron chi connectivity index (χ0n) is 14.4. The number of amides is 1. The first-order valence-corrected chi connectivity index (χ1v) is 8.60. The van der Waals surface area contributed by atoms with Gasteiger partial charge >= 0.3 is 5.97 Å². The summed E-state index contributed by atoms with van der Waals surface area (Å²) in [6.45, 7) is 0.422. The summed E-state index contributed by atoms with van der Waals surface area (Å²) in [5.41, 5.74) is 0.867. The largest absolute Gasteiger partial charge is 0.494 e. The van der Waals surface area contributed by atoms with E-state index in [2.05, 4.69) is 5.32 Å². The quantitative estimate of drug-likeness (QED) is 0.602. The lowest BCUT2D eigenvalue weighted by atomic mass is 10.2. The highest BCUT2D eigenvalue weighted by molar-refractivity contribution is 6.30. The van der Waals surface area contributed by atoms with Gasteiger partial charge in [0, 0.05) is 19.0 Å². The van der Waals surface area contributed by atoms with Gasteiger partial charge in [-0.05, 0) is 36.2 Å². The number of aliphatic carboxylic acids is 1. The lowest BCUT2D eigenvalue weighted by Gasteiger charge is -2.09. The Morgan fingerprint density at radius 2 is 1.78 bits per heavy atom. The number of carbonyl (C=O) groups excluding carboxylic acids is 1. The Labute approximate surface area is 160 Å². The second-order valence-electron chi connectivity index (χ2n) is 5.63. The molecule has 0 atom stereocenters. The molecule has 0 saturated carbocycles. The normalized spacial score (nSPS) is 10.3. The van der Waals surface area contributed by atoms with Crippen LogP contribution in [0.25, 0.3) is 0 Å². The lowest BCUT2D eigenvalue weighted by Crippen LogP contribution is -2.28. The van der Waals surface area contributed by atoms with Crippen LogP contribution < -0.4 is 14.8 Å². The number of rotatable bonds is 10. The van der Waals surface area contributed by atoms with Gasteiger partial charge in [-0.3, -0.25) is 9.59 Å². The molecule has 0 aromatic heterocycles. The fourth-order valence-corrected chi connectivity index (χ4v) is 2.25. The first-order chi connectivity index (χ1) is 12.9. The first-order valence-electron chi connectivity index (χ1n) is 8.22. The number of nitrogens with one attached hydrogen (secondary N) is 1. The molecule has 0 spiro atoms. The van der Waals surface area contributed by atoms with Crippen molar-refractivity contribution in [2.75, 3.05) is 13.2 Å². The van der Waals surface area contributed by atoms with E-state index in [0.29, 0.717) is 31.1 Å². The molecule has 1 amide bonds. The van der Waals surface area contributed by atoms with E-state index < -0.39 is 11.8 Å². The molecule has 0 saturated heterocycles. The van der Waals surface area contributed by atoms with Gasteiger partial charge in [-0.2, -0.15) is 0 Å². The Kier molecular flexibility index (Phi) is 7.88. The summed E-state index contributed by atoms with van der Waals surface area (Å²) in [4.78, 5) is 22.2. The summed E-state index contributed by atoms with van der Waals surface area (Å²) in [5.74, 6) is -0.795. The molecule has 0 aliphatic heterocycles. The molecule has 6 nitrogen and oxygen atoms in total. The second kappa shape index (κ2) is 10.4. The predicted molar refractivity (Wildman–Crippen MR) is 97.6 cm³/mol. The summed E-state index contributed by atoms with van der Waals surface area (Å²) >= 11 is 5.65. The van der Waals surface area contributed by atoms with E-state index in [-0.39, 0.29) is 24.0 Å². The zero-order chi connectivity index (χ0) is 19.6. The second-order valence-corrected chi connectivity index (χ2v) is 6.04. The SMILES string of the molecule is O=C(O)CCCOc1ccc(CNC(=O)COc2ccc(F)c(Cl)c2)cc1. The van der Waals surface area contributed by atoms with Crippen molar-refractivity contribution in [3.8, 4) is 11.5 Å². The third-order valence-electron chi connectivity index (χ3n) is 3.48. The molecule has 2 rings (SSSR count). The zero-order valence-corrected chi connectivity index (χ0v) is 15.2. The molecule has 0 aliphatic rings. The number of carboxylic acid groups (broad SMARTS) is 1. The molecule has 27 heavy (non-hydrogen) atoms. The molecule has 0 radical (unpaired) electrons. The van der Waals surface area contributed by atoms with Gasteiger partial charge in [-0.25, -0.2) is 4.39 Å². The van der Waals surface area contributed by atoms with Gasteiger partial charge in [0.2, 0.25) is 0 Å². The van der Waals surface area contributed by atoms with Crippen molar-refractivity contribution in [1.29, 1.82) is 0 Å². The van der Waals surface area contributed by atoms with Crippen LogP contribution in [0.4, 0.5) is 4.39 Å². The molecular formula is C19H19ClFNO5. The van der Waals surface area contributed by atoms with Crippen LogP contribution in [0.1, 0.15) is 18.4 Å². The Hall–Kier alpha value is -2.80. The van der Waals surface area contributed by atoms with Gasteiger partial charge in [0.05, 0.1) is 11.6 Å². The Bertz CT molecular complexity index is 782. The van der Waals surface area contributed by atoms with Crippen LogP contribution in [0, 0.1) is 5.82 Å². The third kappa shape index (κ3) is 7.53. The van der Waals surface area contributed by atoms with Gasteiger partial charge in [0.1, 0.15) is 17.3 Å². The number of carboxylic acids is 1. The number of benzene rings is 2. The molecule has 0 fully saturated rings. The van der Waals surface area contributed by atoms with Crippen LogP contribution in [0.3, 0.4) is 0 Å². The summed E-state index contributed by atoms with van der Waals surface area (Å²) < 4.78 is 23.7. The van der Waals surface area contributed by atoms with Crippen LogP contribution in [-0.2, 0) is 16.1 Å². The van der Waals surface area contributed by atoms with E-state index in [4.69, 9.17) is 26.2 Å². The fourth-order valence-electron chi connectivity index (χ4n) is 2.08. The first kappa shape index (κ1) is 20.5. The van der Waals surface area contributed by atoms with E-state index >= 15 is 0 Å². The predicted octanol–water partition coefficient (Wildman–Crippen LogP) is 3.42. The van der Waals surface area contributed by atoms with Crippen molar-refractivity contribution < 1.29 is 28.6 Å². The molecule has 2 aromatic rings. The van der Waals surface area contributed by atoms with Gasteiger partial charge in [0.15, 0.2) is 6.61 Å². The molecule has 0 heterocycles. The summed E-state index contributed by atoms with van der Waals surface area (Å²) in [6.07, 6.45) is 0.503. The molecule has 144 valence electrons. The molecular weight excluding hydrogens is 377 g/mol. The third-order valence-corrected chi connectivity index (χ3v) is 3.77. The van der Waals surface area contributed by atoms with E-state index in [0.717, 1.165) is 5.56 Å². The maximum atomic E-state index is 13.1. The lowest BCUT2D eigenvalue weighted by molar-refractivity contribution is -0.137. The van der Waals surface area contributed by atoms with Crippen molar-refractivity contribution in [2.24, 2.45) is 0 Å². The molecule has 2 aromatic carbocycles. The Balaban J connectivity index is 1.69. The van der Waals surface area contributed by atoms with Gasteiger partial charge < -0.3 is 19.9 Å². The van der Waals surface area contributed by atoms with Gasteiger partial charge in [-0.15, -0.1) is 0 Å². The van der Waals surface area contributed by atoms with E-state index in [1.807, 2.05) is 0 Å². The highest BCUT2D eigenvalue weighted by atomic mass is 35.5. The van der Waals surface area contributed by atoms with Crippen LogP contribution in [0.2, 0.25) is 5.02 Å². The smallest absolute Gasteiger partial charge is 0.303 e. The number of ether oxygens (including phenoxy) is 2. The molecule has 0 unspecified atom stereocenters. The number of hydrogen-bond acceptors (Lipinski definition) is 4. The average Bonchev–Trinajstić information content (AvgIpc) is 2.65. The van der Waals surface area contributed by atoms with Gasteiger partial charge in [0.25, 0.3) is 5.91 Å². The average molecular weight is 396 g/mol. The van der Waals surface area contributed by atoms with Crippen molar-refractivity contribution >= 4 is 23.5 Å². The summed E-state index contributed by atoms with van der Waals surface area (Å²) in [7, 11) is 0. The summed E-state index contributed by atoms with van der Waals surface area (Å²) in [6, 6.07) is 11.0. The Morgan fingerprint density at radius 1 is 1.07 bits per heavy atom. The Morgan fingerprint density at radius 3 is 2.44 bits per heavy atom.